The number of carbonyl (C=O) groups excluding carboxylic acids is 1. The lowest BCUT2D eigenvalue weighted by Crippen LogP contribution is -2.19. The van der Waals surface area contributed by atoms with Gasteiger partial charge in [0.25, 0.3) is 0 Å². The highest BCUT2D eigenvalue weighted by atomic mass is 32.2. The SMILES string of the molecule is COc1ccc(CSC(C(N)=O)c2ccccc2)cc1. The first-order valence-corrected chi connectivity index (χ1v) is 7.34. The Balaban J connectivity index is 2.04. The summed E-state index contributed by atoms with van der Waals surface area (Å²) in [6.07, 6.45) is 0. The molecule has 0 spiro atoms. The van der Waals surface area contributed by atoms with Gasteiger partial charge in [-0.15, -0.1) is 11.8 Å². The van der Waals surface area contributed by atoms with Crippen LogP contribution in [0.1, 0.15) is 16.4 Å². The Morgan fingerprint density at radius 3 is 2.35 bits per heavy atom. The summed E-state index contributed by atoms with van der Waals surface area (Å²) >= 11 is 1.53. The average molecular weight is 287 g/mol. The fourth-order valence-electron chi connectivity index (χ4n) is 1.87. The van der Waals surface area contributed by atoms with E-state index in [0.717, 1.165) is 22.6 Å². The summed E-state index contributed by atoms with van der Waals surface area (Å²) in [4.78, 5) is 11.6. The average Bonchev–Trinajstić information content (AvgIpc) is 2.49. The molecule has 1 amide bonds. The fraction of sp³-hybridized carbons (Fsp3) is 0.188. The lowest BCUT2D eigenvalue weighted by Gasteiger charge is -2.13. The normalized spacial score (nSPS) is 11.8. The van der Waals surface area contributed by atoms with Crippen LogP contribution in [-0.4, -0.2) is 13.0 Å². The molecule has 0 bridgehead atoms. The topological polar surface area (TPSA) is 52.3 Å². The summed E-state index contributed by atoms with van der Waals surface area (Å²) in [7, 11) is 1.64. The van der Waals surface area contributed by atoms with Gasteiger partial charge in [0.2, 0.25) is 5.91 Å². The molecule has 0 heterocycles. The van der Waals surface area contributed by atoms with E-state index in [-0.39, 0.29) is 11.2 Å². The molecule has 20 heavy (non-hydrogen) atoms. The van der Waals surface area contributed by atoms with Gasteiger partial charge in [-0.3, -0.25) is 4.79 Å². The minimum atomic E-state index is -0.321. The number of methoxy groups -OCH3 is 1. The molecule has 0 saturated heterocycles. The highest BCUT2D eigenvalue weighted by Gasteiger charge is 2.17. The van der Waals surface area contributed by atoms with Crippen molar-refractivity contribution in [2.24, 2.45) is 5.73 Å². The lowest BCUT2D eigenvalue weighted by atomic mass is 10.1. The molecule has 0 aliphatic carbocycles. The number of thioether (sulfide) groups is 1. The standard InChI is InChI=1S/C16H17NO2S/c1-19-14-9-7-12(8-10-14)11-20-15(16(17)18)13-5-3-2-4-6-13/h2-10,15H,11H2,1H3,(H2,17,18). The summed E-state index contributed by atoms with van der Waals surface area (Å²) in [6.45, 7) is 0. The first-order chi connectivity index (χ1) is 9.70. The predicted molar refractivity (Wildman–Crippen MR) is 82.7 cm³/mol. The number of amides is 1. The van der Waals surface area contributed by atoms with Crippen LogP contribution in [0.5, 0.6) is 5.75 Å². The molecule has 0 saturated carbocycles. The third-order valence-electron chi connectivity index (χ3n) is 2.94. The summed E-state index contributed by atoms with van der Waals surface area (Å²) in [5, 5.41) is -0.321. The number of hydrogen-bond donors (Lipinski definition) is 1. The largest absolute Gasteiger partial charge is 0.497 e. The Morgan fingerprint density at radius 2 is 1.80 bits per heavy atom. The zero-order valence-electron chi connectivity index (χ0n) is 11.3. The van der Waals surface area contributed by atoms with E-state index in [1.54, 1.807) is 7.11 Å². The Labute approximate surface area is 123 Å². The van der Waals surface area contributed by atoms with Crippen molar-refractivity contribution in [2.45, 2.75) is 11.0 Å². The molecule has 104 valence electrons. The van der Waals surface area contributed by atoms with Gasteiger partial charge in [0.15, 0.2) is 0 Å². The van der Waals surface area contributed by atoms with E-state index in [1.165, 1.54) is 11.8 Å². The van der Waals surface area contributed by atoms with Gasteiger partial charge in [0.05, 0.1) is 7.11 Å². The second-order valence-electron chi connectivity index (χ2n) is 4.35. The monoisotopic (exact) mass is 287 g/mol. The van der Waals surface area contributed by atoms with Crippen LogP contribution in [0.15, 0.2) is 54.6 Å². The van der Waals surface area contributed by atoms with E-state index >= 15 is 0 Å². The van der Waals surface area contributed by atoms with Crippen LogP contribution in [0, 0.1) is 0 Å². The second-order valence-corrected chi connectivity index (χ2v) is 5.45. The van der Waals surface area contributed by atoms with Crippen molar-refractivity contribution < 1.29 is 9.53 Å². The first kappa shape index (κ1) is 14.5. The van der Waals surface area contributed by atoms with Crippen molar-refractivity contribution in [3.63, 3.8) is 0 Å². The molecular formula is C16H17NO2S. The van der Waals surface area contributed by atoms with Gasteiger partial charge in [0, 0.05) is 5.75 Å². The highest BCUT2D eigenvalue weighted by molar-refractivity contribution is 7.99. The van der Waals surface area contributed by atoms with Crippen LogP contribution >= 0.6 is 11.8 Å². The first-order valence-electron chi connectivity index (χ1n) is 6.29. The highest BCUT2D eigenvalue weighted by Crippen LogP contribution is 2.31. The van der Waals surface area contributed by atoms with Gasteiger partial charge in [-0.25, -0.2) is 0 Å². The predicted octanol–water partition coefficient (Wildman–Crippen LogP) is 3.16. The van der Waals surface area contributed by atoms with Crippen molar-refractivity contribution >= 4 is 17.7 Å². The van der Waals surface area contributed by atoms with Gasteiger partial charge in [-0.1, -0.05) is 42.5 Å². The molecule has 2 aromatic carbocycles. The van der Waals surface area contributed by atoms with Crippen LogP contribution < -0.4 is 10.5 Å². The summed E-state index contributed by atoms with van der Waals surface area (Å²) in [5.74, 6) is 1.25. The third kappa shape index (κ3) is 3.78. The van der Waals surface area contributed by atoms with E-state index in [2.05, 4.69) is 0 Å². The van der Waals surface area contributed by atoms with E-state index in [9.17, 15) is 4.79 Å². The lowest BCUT2D eigenvalue weighted by molar-refractivity contribution is -0.117. The minimum absolute atomic E-state index is 0.310. The number of hydrogen-bond acceptors (Lipinski definition) is 3. The Kier molecular flexibility index (Phi) is 5.07. The molecule has 0 aromatic heterocycles. The van der Waals surface area contributed by atoms with Gasteiger partial charge in [-0.2, -0.15) is 0 Å². The zero-order valence-corrected chi connectivity index (χ0v) is 12.1. The van der Waals surface area contributed by atoms with Crippen molar-refractivity contribution in [2.75, 3.05) is 7.11 Å². The molecule has 0 aliphatic heterocycles. The Hall–Kier alpha value is -1.94. The van der Waals surface area contributed by atoms with Crippen molar-refractivity contribution in [3.05, 3.63) is 65.7 Å². The molecule has 0 radical (unpaired) electrons. The third-order valence-corrected chi connectivity index (χ3v) is 4.27. The van der Waals surface area contributed by atoms with Gasteiger partial charge in [0.1, 0.15) is 11.0 Å². The summed E-state index contributed by atoms with van der Waals surface area (Å²) in [5.41, 5.74) is 7.58. The number of primary amides is 1. The quantitative estimate of drug-likeness (QED) is 0.888. The molecule has 2 N–H and O–H groups in total. The van der Waals surface area contributed by atoms with Crippen molar-refractivity contribution in [1.29, 1.82) is 0 Å². The van der Waals surface area contributed by atoms with E-state index < -0.39 is 0 Å². The van der Waals surface area contributed by atoms with Crippen LogP contribution in [0.25, 0.3) is 0 Å². The number of nitrogens with two attached hydrogens (primary N) is 1. The maximum atomic E-state index is 11.6. The molecule has 1 atom stereocenters. The summed E-state index contributed by atoms with van der Waals surface area (Å²) in [6, 6.07) is 17.4. The molecule has 2 aromatic rings. The maximum Gasteiger partial charge on any atom is 0.235 e. The molecule has 3 nitrogen and oxygen atoms in total. The van der Waals surface area contributed by atoms with Gasteiger partial charge < -0.3 is 10.5 Å². The minimum Gasteiger partial charge on any atom is -0.497 e. The number of benzene rings is 2. The molecular weight excluding hydrogens is 270 g/mol. The van der Waals surface area contributed by atoms with Crippen molar-refractivity contribution in [1.82, 2.24) is 0 Å². The molecule has 0 fully saturated rings. The number of ether oxygens (including phenoxy) is 1. The second kappa shape index (κ2) is 7.01. The smallest absolute Gasteiger partial charge is 0.235 e. The summed E-state index contributed by atoms with van der Waals surface area (Å²) < 4.78 is 5.12. The van der Waals surface area contributed by atoms with Gasteiger partial charge >= 0.3 is 0 Å². The van der Waals surface area contributed by atoms with E-state index in [1.807, 2.05) is 54.6 Å². The van der Waals surface area contributed by atoms with Crippen LogP contribution in [0.2, 0.25) is 0 Å². The van der Waals surface area contributed by atoms with E-state index in [0.29, 0.717) is 0 Å². The molecule has 4 heteroatoms. The van der Waals surface area contributed by atoms with Gasteiger partial charge in [-0.05, 0) is 23.3 Å². The zero-order chi connectivity index (χ0) is 14.4. The number of carbonyl (C=O) groups is 1. The Bertz CT molecular complexity index is 554. The Morgan fingerprint density at radius 1 is 1.15 bits per heavy atom. The van der Waals surface area contributed by atoms with Crippen LogP contribution in [-0.2, 0) is 10.5 Å². The maximum absolute atomic E-state index is 11.6. The van der Waals surface area contributed by atoms with Crippen molar-refractivity contribution in [3.8, 4) is 5.75 Å². The fourth-order valence-corrected chi connectivity index (χ4v) is 2.94. The van der Waals surface area contributed by atoms with Crippen LogP contribution in [0.4, 0.5) is 0 Å². The molecule has 0 aliphatic rings. The molecule has 2 rings (SSSR count). The van der Waals surface area contributed by atoms with Crippen LogP contribution in [0.3, 0.4) is 0 Å². The number of rotatable bonds is 6. The molecule has 1 unspecified atom stereocenters. The van der Waals surface area contributed by atoms with E-state index in [4.69, 9.17) is 10.5 Å².